The highest BCUT2D eigenvalue weighted by atomic mass is 32.1. The molecule has 0 unspecified atom stereocenters. The van der Waals surface area contributed by atoms with Crippen LogP contribution in [0.5, 0.6) is 0 Å². The lowest BCUT2D eigenvalue weighted by molar-refractivity contribution is -0.124. The molecule has 1 saturated heterocycles. The van der Waals surface area contributed by atoms with Gasteiger partial charge in [0.05, 0.1) is 0 Å². The summed E-state index contributed by atoms with van der Waals surface area (Å²) in [6.07, 6.45) is 5.90. The minimum absolute atomic E-state index is 0.136. The molecule has 1 aliphatic rings. The number of hydrogen-bond acceptors (Lipinski definition) is 2. The van der Waals surface area contributed by atoms with Crippen molar-refractivity contribution in [3.63, 3.8) is 0 Å². The molecule has 0 spiro atoms. The molecular formula is C17H17NOS. The number of carbonyl (C=O) groups excluding carboxylic acids is 1. The molecule has 3 heteroatoms. The molecular weight excluding hydrogens is 266 g/mol. The molecule has 1 aliphatic heterocycles. The van der Waals surface area contributed by atoms with Gasteiger partial charge in [0.2, 0.25) is 5.91 Å². The summed E-state index contributed by atoms with van der Waals surface area (Å²) in [6, 6.07) is 14.5. The Kier molecular flexibility index (Phi) is 3.97. The summed E-state index contributed by atoms with van der Waals surface area (Å²) in [5.74, 6) is 0.136. The van der Waals surface area contributed by atoms with Gasteiger partial charge in [0.1, 0.15) is 0 Å². The van der Waals surface area contributed by atoms with E-state index in [1.807, 2.05) is 29.2 Å². The third kappa shape index (κ3) is 2.99. The van der Waals surface area contributed by atoms with E-state index >= 15 is 0 Å². The van der Waals surface area contributed by atoms with E-state index in [0.717, 1.165) is 30.8 Å². The number of rotatable bonds is 3. The Morgan fingerprint density at radius 3 is 2.55 bits per heavy atom. The minimum atomic E-state index is 0.136. The second-order valence-corrected chi connectivity index (χ2v) is 6.05. The normalized spacial score (nSPS) is 15.1. The van der Waals surface area contributed by atoms with Gasteiger partial charge in [0, 0.05) is 28.9 Å². The third-order valence-corrected chi connectivity index (χ3v) is 4.59. The maximum atomic E-state index is 11.9. The molecule has 0 bridgehead atoms. The van der Waals surface area contributed by atoms with E-state index in [1.54, 1.807) is 17.4 Å². The zero-order chi connectivity index (χ0) is 13.8. The number of nitrogens with zero attached hydrogens (tertiary/aromatic N) is 1. The molecule has 0 atom stereocenters. The van der Waals surface area contributed by atoms with Crippen molar-refractivity contribution in [2.24, 2.45) is 0 Å². The van der Waals surface area contributed by atoms with Gasteiger partial charge in [-0.3, -0.25) is 4.79 Å². The van der Waals surface area contributed by atoms with Gasteiger partial charge >= 0.3 is 0 Å². The smallest absolute Gasteiger partial charge is 0.246 e. The molecule has 1 aromatic carbocycles. The summed E-state index contributed by atoms with van der Waals surface area (Å²) < 4.78 is 0. The maximum absolute atomic E-state index is 11.9. The first-order valence-electron chi connectivity index (χ1n) is 6.95. The molecule has 0 aliphatic carbocycles. The number of likely N-dealkylation sites (tertiary alicyclic amines) is 1. The predicted molar refractivity (Wildman–Crippen MR) is 84.6 cm³/mol. The van der Waals surface area contributed by atoms with Crippen LogP contribution in [0.3, 0.4) is 0 Å². The Morgan fingerprint density at radius 2 is 1.80 bits per heavy atom. The molecule has 102 valence electrons. The van der Waals surface area contributed by atoms with E-state index in [4.69, 9.17) is 0 Å². The first-order chi connectivity index (χ1) is 9.83. The summed E-state index contributed by atoms with van der Waals surface area (Å²) in [4.78, 5) is 16.2. The Morgan fingerprint density at radius 1 is 1.05 bits per heavy atom. The van der Waals surface area contributed by atoms with Gasteiger partial charge in [0.25, 0.3) is 0 Å². The third-order valence-electron chi connectivity index (χ3n) is 3.49. The Hall–Kier alpha value is -1.87. The Balaban J connectivity index is 1.69. The van der Waals surface area contributed by atoms with Gasteiger partial charge in [-0.1, -0.05) is 30.3 Å². The number of thiophene rings is 1. The van der Waals surface area contributed by atoms with Crippen molar-refractivity contribution in [1.82, 2.24) is 4.90 Å². The number of carbonyl (C=O) groups is 1. The first kappa shape index (κ1) is 13.1. The lowest BCUT2D eigenvalue weighted by Crippen LogP contribution is -2.25. The van der Waals surface area contributed by atoms with Gasteiger partial charge in [-0.05, 0) is 36.6 Å². The van der Waals surface area contributed by atoms with E-state index < -0.39 is 0 Å². The zero-order valence-corrected chi connectivity index (χ0v) is 12.1. The number of amides is 1. The van der Waals surface area contributed by atoms with Crippen molar-refractivity contribution < 1.29 is 4.79 Å². The Labute approximate surface area is 123 Å². The average Bonchev–Trinajstić information content (AvgIpc) is 3.17. The molecule has 2 heterocycles. The monoisotopic (exact) mass is 283 g/mol. The van der Waals surface area contributed by atoms with Crippen LogP contribution in [0.15, 0.2) is 48.5 Å². The van der Waals surface area contributed by atoms with E-state index in [-0.39, 0.29) is 5.91 Å². The quantitative estimate of drug-likeness (QED) is 0.778. The molecule has 20 heavy (non-hydrogen) atoms. The fourth-order valence-corrected chi connectivity index (χ4v) is 3.31. The van der Waals surface area contributed by atoms with Crippen molar-refractivity contribution in [2.45, 2.75) is 12.8 Å². The molecule has 1 fully saturated rings. The minimum Gasteiger partial charge on any atom is -0.339 e. The predicted octanol–water partition coefficient (Wildman–Crippen LogP) is 4.05. The molecule has 2 nitrogen and oxygen atoms in total. The van der Waals surface area contributed by atoms with Crippen LogP contribution >= 0.6 is 11.3 Å². The van der Waals surface area contributed by atoms with Crippen LogP contribution in [-0.4, -0.2) is 23.9 Å². The number of hydrogen-bond donors (Lipinski definition) is 0. The van der Waals surface area contributed by atoms with Crippen LogP contribution in [0.25, 0.3) is 16.5 Å². The largest absolute Gasteiger partial charge is 0.339 e. The van der Waals surface area contributed by atoms with Crippen molar-refractivity contribution in [2.75, 3.05) is 13.1 Å². The van der Waals surface area contributed by atoms with Crippen LogP contribution in [0.4, 0.5) is 0 Å². The van der Waals surface area contributed by atoms with Gasteiger partial charge in [-0.2, -0.15) is 0 Å². The number of benzene rings is 1. The first-order valence-corrected chi connectivity index (χ1v) is 7.77. The Bertz CT molecular complexity index is 609. The summed E-state index contributed by atoms with van der Waals surface area (Å²) >= 11 is 1.71. The highest BCUT2D eigenvalue weighted by Crippen LogP contribution is 2.28. The van der Waals surface area contributed by atoms with Crippen LogP contribution < -0.4 is 0 Å². The van der Waals surface area contributed by atoms with Gasteiger partial charge in [-0.25, -0.2) is 0 Å². The lowest BCUT2D eigenvalue weighted by atomic mass is 10.2. The molecule has 0 N–H and O–H groups in total. The molecule has 1 aromatic heterocycles. The fraction of sp³-hybridized carbons (Fsp3) is 0.235. The van der Waals surface area contributed by atoms with Gasteiger partial charge in [-0.15, -0.1) is 11.3 Å². The maximum Gasteiger partial charge on any atom is 0.246 e. The SMILES string of the molecule is O=C(/C=C/c1ccc(-c2ccccc2)s1)N1CCCC1. The molecule has 1 amide bonds. The standard InChI is InChI=1S/C17H17NOS/c19-17(18-12-4-5-13-18)11-9-15-8-10-16(20-15)14-6-2-1-3-7-14/h1-3,6-11H,4-5,12-13H2/b11-9+. The van der Waals surface area contributed by atoms with Gasteiger partial charge < -0.3 is 4.90 Å². The fourth-order valence-electron chi connectivity index (χ4n) is 2.40. The molecule has 0 saturated carbocycles. The summed E-state index contributed by atoms with van der Waals surface area (Å²) in [5, 5.41) is 0. The highest BCUT2D eigenvalue weighted by molar-refractivity contribution is 7.16. The van der Waals surface area contributed by atoms with Crippen molar-refractivity contribution in [3.05, 3.63) is 53.4 Å². The topological polar surface area (TPSA) is 20.3 Å². The van der Waals surface area contributed by atoms with Gasteiger partial charge in [0.15, 0.2) is 0 Å². The summed E-state index contributed by atoms with van der Waals surface area (Å²) in [7, 11) is 0. The van der Waals surface area contributed by atoms with E-state index in [2.05, 4.69) is 24.3 Å². The van der Waals surface area contributed by atoms with Crippen LogP contribution in [0.1, 0.15) is 17.7 Å². The highest BCUT2D eigenvalue weighted by Gasteiger charge is 2.15. The summed E-state index contributed by atoms with van der Waals surface area (Å²) in [6.45, 7) is 1.81. The second-order valence-electron chi connectivity index (χ2n) is 4.93. The van der Waals surface area contributed by atoms with Crippen LogP contribution in [0.2, 0.25) is 0 Å². The van der Waals surface area contributed by atoms with Crippen LogP contribution in [-0.2, 0) is 4.79 Å². The molecule has 2 aromatic rings. The van der Waals surface area contributed by atoms with Crippen LogP contribution in [0, 0.1) is 0 Å². The second kappa shape index (κ2) is 6.06. The van der Waals surface area contributed by atoms with E-state index in [1.165, 1.54) is 10.4 Å². The zero-order valence-electron chi connectivity index (χ0n) is 11.3. The lowest BCUT2D eigenvalue weighted by Gasteiger charge is -2.11. The van der Waals surface area contributed by atoms with E-state index in [9.17, 15) is 4.79 Å². The molecule has 0 radical (unpaired) electrons. The van der Waals surface area contributed by atoms with Crippen molar-refractivity contribution in [3.8, 4) is 10.4 Å². The van der Waals surface area contributed by atoms with Crippen molar-refractivity contribution in [1.29, 1.82) is 0 Å². The summed E-state index contributed by atoms with van der Waals surface area (Å²) in [5.41, 5.74) is 1.23. The van der Waals surface area contributed by atoms with E-state index in [0.29, 0.717) is 0 Å². The molecule has 3 rings (SSSR count). The average molecular weight is 283 g/mol. The van der Waals surface area contributed by atoms with Crippen molar-refractivity contribution >= 4 is 23.3 Å².